The van der Waals surface area contributed by atoms with Crippen molar-refractivity contribution in [1.82, 2.24) is 4.90 Å². The summed E-state index contributed by atoms with van der Waals surface area (Å²) < 4.78 is 5.37. The number of hydrogen-bond acceptors (Lipinski definition) is 2. The van der Waals surface area contributed by atoms with Crippen molar-refractivity contribution in [2.45, 2.75) is 46.1 Å². The number of carbonyl (C=O) groups excluding carboxylic acids is 1. The molecule has 0 radical (unpaired) electrons. The number of piperidine rings is 1. The number of carbonyl (C=O) groups is 1. The lowest BCUT2D eigenvalue weighted by Gasteiger charge is -2.33. The maximum atomic E-state index is 11.8. The van der Waals surface area contributed by atoms with Gasteiger partial charge < -0.3 is 9.64 Å². The van der Waals surface area contributed by atoms with Crippen molar-refractivity contribution in [2.24, 2.45) is 5.92 Å². The van der Waals surface area contributed by atoms with Crippen LogP contribution >= 0.6 is 0 Å². The van der Waals surface area contributed by atoms with Crippen molar-refractivity contribution >= 4 is 6.09 Å². The van der Waals surface area contributed by atoms with Crippen LogP contribution in [0.2, 0.25) is 0 Å². The van der Waals surface area contributed by atoms with E-state index in [1.165, 1.54) is 6.42 Å². The molecule has 1 rings (SSSR count). The predicted molar refractivity (Wildman–Crippen MR) is 65.3 cm³/mol. The van der Waals surface area contributed by atoms with Gasteiger partial charge in [-0.05, 0) is 46.5 Å². The van der Waals surface area contributed by atoms with Crippen molar-refractivity contribution in [1.29, 1.82) is 0 Å². The molecule has 16 heavy (non-hydrogen) atoms. The molecule has 0 saturated carbocycles. The molecule has 3 nitrogen and oxygen atoms in total. The minimum absolute atomic E-state index is 0.179. The highest BCUT2D eigenvalue weighted by Gasteiger charge is 2.26. The van der Waals surface area contributed by atoms with Crippen LogP contribution in [0.3, 0.4) is 0 Å². The lowest BCUT2D eigenvalue weighted by Crippen LogP contribution is -2.42. The summed E-state index contributed by atoms with van der Waals surface area (Å²) in [5.41, 5.74) is -0.398. The minimum atomic E-state index is -0.398. The molecule has 1 amide bonds. The van der Waals surface area contributed by atoms with Crippen LogP contribution < -0.4 is 0 Å². The SMILES string of the molecule is C/C=C/C1CCCN(C(=O)OC(C)(C)C)C1. The van der Waals surface area contributed by atoms with Crippen LogP contribution in [0.25, 0.3) is 0 Å². The molecule has 0 aromatic carbocycles. The number of rotatable bonds is 1. The van der Waals surface area contributed by atoms with Gasteiger partial charge in [0.05, 0.1) is 0 Å². The Morgan fingerprint density at radius 1 is 1.44 bits per heavy atom. The number of ether oxygens (including phenoxy) is 1. The molecule has 0 aromatic heterocycles. The third-order valence-corrected chi connectivity index (χ3v) is 2.57. The van der Waals surface area contributed by atoms with Gasteiger partial charge in [-0.25, -0.2) is 4.79 Å². The summed E-state index contributed by atoms with van der Waals surface area (Å²) in [6.07, 6.45) is 6.29. The number of nitrogens with zero attached hydrogens (tertiary/aromatic N) is 1. The van der Waals surface area contributed by atoms with Crippen molar-refractivity contribution in [3.8, 4) is 0 Å². The zero-order chi connectivity index (χ0) is 12.2. The highest BCUT2D eigenvalue weighted by Crippen LogP contribution is 2.20. The Hall–Kier alpha value is -0.990. The zero-order valence-corrected chi connectivity index (χ0v) is 10.8. The van der Waals surface area contributed by atoms with E-state index in [4.69, 9.17) is 4.74 Å². The van der Waals surface area contributed by atoms with Crippen LogP contribution in [0.1, 0.15) is 40.5 Å². The number of hydrogen-bond donors (Lipinski definition) is 0. The Balaban J connectivity index is 2.50. The Morgan fingerprint density at radius 2 is 2.12 bits per heavy atom. The third kappa shape index (κ3) is 4.25. The molecule has 0 N–H and O–H groups in total. The Kier molecular flexibility index (Phi) is 4.39. The largest absolute Gasteiger partial charge is 0.444 e. The Morgan fingerprint density at radius 3 is 2.69 bits per heavy atom. The molecule has 0 bridgehead atoms. The lowest BCUT2D eigenvalue weighted by molar-refractivity contribution is 0.0187. The van der Waals surface area contributed by atoms with E-state index < -0.39 is 5.60 Å². The first-order valence-corrected chi connectivity index (χ1v) is 6.03. The fourth-order valence-electron chi connectivity index (χ4n) is 1.93. The van der Waals surface area contributed by atoms with E-state index in [9.17, 15) is 4.79 Å². The molecule has 1 heterocycles. The summed E-state index contributed by atoms with van der Waals surface area (Å²) >= 11 is 0. The van der Waals surface area contributed by atoms with Gasteiger partial charge in [-0.3, -0.25) is 0 Å². The normalized spacial score (nSPS) is 22.5. The predicted octanol–water partition coefficient (Wildman–Crippen LogP) is 3.21. The van der Waals surface area contributed by atoms with Gasteiger partial charge in [0.15, 0.2) is 0 Å². The van der Waals surface area contributed by atoms with E-state index in [2.05, 4.69) is 12.2 Å². The summed E-state index contributed by atoms with van der Waals surface area (Å²) in [6.45, 7) is 9.34. The van der Waals surface area contributed by atoms with E-state index in [0.29, 0.717) is 5.92 Å². The van der Waals surface area contributed by atoms with Crippen molar-refractivity contribution in [2.75, 3.05) is 13.1 Å². The van der Waals surface area contributed by atoms with E-state index in [0.717, 1.165) is 19.5 Å². The molecule has 1 aliphatic rings. The first-order chi connectivity index (χ1) is 7.42. The van der Waals surface area contributed by atoms with Crippen LogP contribution in [0.5, 0.6) is 0 Å². The van der Waals surface area contributed by atoms with Gasteiger partial charge in [0.25, 0.3) is 0 Å². The fourth-order valence-corrected chi connectivity index (χ4v) is 1.93. The molecular weight excluding hydrogens is 202 g/mol. The number of allylic oxidation sites excluding steroid dienone is 1. The van der Waals surface area contributed by atoms with Crippen LogP contribution in [-0.4, -0.2) is 29.7 Å². The summed E-state index contributed by atoms with van der Waals surface area (Å²) in [4.78, 5) is 13.7. The van der Waals surface area contributed by atoms with Crippen LogP contribution in [-0.2, 0) is 4.74 Å². The third-order valence-electron chi connectivity index (χ3n) is 2.57. The molecule has 3 heteroatoms. The van der Waals surface area contributed by atoms with E-state index in [1.807, 2.05) is 32.6 Å². The van der Waals surface area contributed by atoms with Gasteiger partial charge in [0.1, 0.15) is 5.60 Å². The number of amides is 1. The van der Waals surface area contributed by atoms with Crippen LogP contribution in [0, 0.1) is 5.92 Å². The maximum Gasteiger partial charge on any atom is 0.410 e. The van der Waals surface area contributed by atoms with Gasteiger partial charge in [-0.1, -0.05) is 12.2 Å². The van der Waals surface area contributed by atoms with Gasteiger partial charge >= 0.3 is 6.09 Å². The molecule has 0 aromatic rings. The highest BCUT2D eigenvalue weighted by atomic mass is 16.6. The average Bonchev–Trinajstić information content (AvgIpc) is 2.16. The van der Waals surface area contributed by atoms with E-state index >= 15 is 0 Å². The quantitative estimate of drug-likeness (QED) is 0.641. The molecule has 1 atom stereocenters. The second-order valence-corrected chi connectivity index (χ2v) is 5.35. The molecule has 1 unspecified atom stereocenters. The summed E-state index contributed by atoms with van der Waals surface area (Å²) in [7, 11) is 0. The van der Waals surface area contributed by atoms with Gasteiger partial charge in [0, 0.05) is 13.1 Å². The van der Waals surface area contributed by atoms with Gasteiger partial charge in [-0.2, -0.15) is 0 Å². The molecule has 1 fully saturated rings. The molecule has 0 spiro atoms. The second-order valence-electron chi connectivity index (χ2n) is 5.35. The second kappa shape index (κ2) is 5.37. The minimum Gasteiger partial charge on any atom is -0.444 e. The average molecular weight is 225 g/mol. The zero-order valence-electron chi connectivity index (χ0n) is 10.8. The molecular formula is C13H23NO2. The highest BCUT2D eigenvalue weighted by molar-refractivity contribution is 5.68. The summed E-state index contributed by atoms with van der Waals surface area (Å²) in [5.74, 6) is 0.492. The van der Waals surface area contributed by atoms with Crippen molar-refractivity contribution < 1.29 is 9.53 Å². The fraction of sp³-hybridized carbons (Fsp3) is 0.769. The molecule has 0 aliphatic carbocycles. The Bertz CT molecular complexity index is 266. The summed E-state index contributed by atoms with van der Waals surface area (Å²) in [6, 6.07) is 0. The lowest BCUT2D eigenvalue weighted by atomic mass is 9.98. The van der Waals surface area contributed by atoms with Crippen molar-refractivity contribution in [3.63, 3.8) is 0 Å². The first-order valence-electron chi connectivity index (χ1n) is 6.03. The van der Waals surface area contributed by atoms with E-state index in [1.54, 1.807) is 0 Å². The molecule has 1 aliphatic heterocycles. The molecule has 1 saturated heterocycles. The van der Waals surface area contributed by atoms with Gasteiger partial charge in [-0.15, -0.1) is 0 Å². The van der Waals surface area contributed by atoms with Crippen molar-refractivity contribution in [3.05, 3.63) is 12.2 Å². The monoisotopic (exact) mass is 225 g/mol. The standard InChI is InChI=1S/C13H23NO2/c1-5-7-11-8-6-9-14(10-11)12(15)16-13(2,3)4/h5,7,11H,6,8-10H2,1-4H3/b7-5+. The molecule has 92 valence electrons. The Labute approximate surface area is 98.5 Å². The van der Waals surface area contributed by atoms with Crippen LogP contribution in [0.15, 0.2) is 12.2 Å². The van der Waals surface area contributed by atoms with Gasteiger partial charge in [0.2, 0.25) is 0 Å². The first kappa shape index (κ1) is 13.1. The van der Waals surface area contributed by atoms with E-state index in [-0.39, 0.29) is 6.09 Å². The maximum absolute atomic E-state index is 11.8. The summed E-state index contributed by atoms with van der Waals surface area (Å²) in [5, 5.41) is 0. The number of likely N-dealkylation sites (tertiary alicyclic amines) is 1. The van der Waals surface area contributed by atoms with Crippen LogP contribution in [0.4, 0.5) is 4.79 Å². The smallest absolute Gasteiger partial charge is 0.410 e. The topological polar surface area (TPSA) is 29.5 Å².